The van der Waals surface area contributed by atoms with Gasteiger partial charge in [0.2, 0.25) is 0 Å². The van der Waals surface area contributed by atoms with Gasteiger partial charge < -0.3 is 20.5 Å². The molecule has 0 aliphatic carbocycles. The van der Waals surface area contributed by atoms with Gasteiger partial charge in [0.05, 0.1) is 23.7 Å². The molecular weight excluding hydrogens is 357 g/mol. The number of ether oxygens (including phenoxy) is 2. The zero-order chi connectivity index (χ0) is 20.1. The van der Waals surface area contributed by atoms with E-state index in [4.69, 9.17) is 15.2 Å². The van der Waals surface area contributed by atoms with Crippen LogP contribution in [0.25, 0.3) is 10.9 Å². The molecular formula is C22H26FN3O2. The summed E-state index contributed by atoms with van der Waals surface area (Å²) in [6.07, 6.45) is 3.68. The Hall–Kier alpha value is -2.86. The van der Waals surface area contributed by atoms with Crippen molar-refractivity contribution in [3.63, 3.8) is 0 Å². The lowest BCUT2D eigenvalue weighted by atomic mass is 10.1. The normalized spacial score (nSPS) is 12.0. The van der Waals surface area contributed by atoms with Gasteiger partial charge in [0, 0.05) is 24.8 Å². The summed E-state index contributed by atoms with van der Waals surface area (Å²) in [7, 11) is 1.60. The molecule has 0 aliphatic rings. The number of anilines is 1. The Labute approximate surface area is 164 Å². The van der Waals surface area contributed by atoms with Crippen LogP contribution in [0.1, 0.15) is 25.3 Å². The summed E-state index contributed by atoms with van der Waals surface area (Å²) < 4.78 is 24.9. The first kappa shape index (κ1) is 19.9. The number of aromatic nitrogens is 1. The molecule has 0 saturated carbocycles. The number of benzene rings is 2. The van der Waals surface area contributed by atoms with Gasteiger partial charge in [0.25, 0.3) is 0 Å². The van der Waals surface area contributed by atoms with Crippen LogP contribution in [-0.2, 0) is 0 Å². The van der Waals surface area contributed by atoms with Crippen molar-refractivity contribution in [2.75, 3.05) is 19.0 Å². The van der Waals surface area contributed by atoms with E-state index in [9.17, 15) is 4.39 Å². The number of nitrogens with two attached hydrogens (primary N) is 1. The van der Waals surface area contributed by atoms with Gasteiger partial charge in [0.15, 0.2) is 11.5 Å². The van der Waals surface area contributed by atoms with E-state index < -0.39 is 0 Å². The fourth-order valence-corrected chi connectivity index (χ4v) is 3.09. The van der Waals surface area contributed by atoms with Gasteiger partial charge in [-0.1, -0.05) is 0 Å². The maximum atomic E-state index is 13.2. The highest BCUT2D eigenvalue weighted by atomic mass is 19.1. The van der Waals surface area contributed by atoms with Crippen molar-refractivity contribution in [3.05, 3.63) is 54.0 Å². The Morgan fingerprint density at radius 1 is 1.21 bits per heavy atom. The van der Waals surface area contributed by atoms with E-state index in [2.05, 4.69) is 10.3 Å². The number of aryl methyl sites for hydroxylation is 1. The molecule has 1 unspecified atom stereocenters. The van der Waals surface area contributed by atoms with Crippen molar-refractivity contribution in [3.8, 4) is 17.2 Å². The lowest BCUT2D eigenvalue weighted by Crippen LogP contribution is -2.16. The maximum Gasteiger partial charge on any atom is 0.179 e. The molecule has 0 radical (unpaired) electrons. The summed E-state index contributed by atoms with van der Waals surface area (Å²) in [6, 6.07) is 9.91. The molecule has 1 heterocycles. The Morgan fingerprint density at radius 2 is 1.96 bits per heavy atom. The number of pyridine rings is 1. The molecule has 3 N–H and O–H groups in total. The molecule has 6 heteroatoms. The Balaban J connectivity index is 2.01. The molecule has 1 atom stereocenters. The minimum absolute atomic E-state index is 0.180. The maximum absolute atomic E-state index is 13.2. The van der Waals surface area contributed by atoms with Gasteiger partial charge in [0.1, 0.15) is 11.6 Å². The zero-order valence-corrected chi connectivity index (χ0v) is 16.5. The van der Waals surface area contributed by atoms with E-state index in [-0.39, 0.29) is 11.9 Å². The zero-order valence-electron chi connectivity index (χ0n) is 16.5. The number of methoxy groups -OCH3 is 1. The van der Waals surface area contributed by atoms with Crippen molar-refractivity contribution in [1.29, 1.82) is 0 Å². The molecule has 148 valence electrons. The third kappa shape index (κ3) is 4.51. The van der Waals surface area contributed by atoms with E-state index in [1.54, 1.807) is 25.4 Å². The summed E-state index contributed by atoms with van der Waals surface area (Å²) >= 11 is 0. The number of rotatable bonds is 8. The van der Waals surface area contributed by atoms with Crippen LogP contribution >= 0.6 is 0 Å². The topological polar surface area (TPSA) is 69.4 Å². The number of nitrogens with zero attached hydrogens (tertiary/aromatic N) is 1. The molecule has 1 aromatic heterocycles. The summed E-state index contributed by atoms with van der Waals surface area (Å²) in [6.45, 7) is 4.79. The molecule has 3 rings (SSSR count). The van der Waals surface area contributed by atoms with Crippen LogP contribution in [0, 0.1) is 12.7 Å². The first-order valence-electron chi connectivity index (χ1n) is 9.38. The van der Waals surface area contributed by atoms with Gasteiger partial charge in [-0.25, -0.2) is 4.39 Å². The lowest BCUT2D eigenvalue weighted by Gasteiger charge is -2.18. The summed E-state index contributed by atoms with van der Waals surface area (Å²) in [5.74, 6) is 1.37. The number of fused-ring (bicyclic) bond motifs is 1. The molecule has 0 spiro atoms. The molecule has 5 nitrogen and oxygen atoms in total. The van der Waals surface area contributed by atoms with Crippen molar-refractivity contribution in [1.82, 2.24) is 4.98 Å². The smallest absolute Gasteiger partial charge is 0.179 e. The van der Waals surface area contributed by atoms with E-state index in [1.165, 1.54) is 12.1 Å². The van der Waals surface area contributed by atoms with Crippen LogP contribution < -0.4 is 20.5 Å². The van der Waals surface area contributed by atoms with Gasteiger partial charge in [-0.15, -0.1) is 0 Å². The first-order chi connectivity index (χ1) is 13.5. The number of nitrogens with one attached hydrogen (secondary N) is 1. The second-order valence-electron chi connectivity index (χ2n) is 6.91. The molecule has 0 fully saturated rings. The number of hydrogen-bond donors (Lipinski definition) is 2. The predicted molar refractivity (Wildman–Crippen MR) is 111 cm³/mol. The van der Waals surface area contributed by atoms with E-state index >= 15 is 0 Å². The van der Waals surface area contributed by atoms with Crippen LogP contribution in [0.5, 0.6) is 17.2 Å². The van der Waals surface area contributed by atoms with E-state index in [0.717, 1.165) is 41.5 Å². The second kappa shape index (κ2) is 8.89. The predicted octanol–water partition coefficient (Wildman–Crippen LogP) is 5.02. The summed E-state index contributed by atoms with van der Waals surface area (Å²) in [4.78, 5) is 4.56. The standard InChI is InChI=1S/C22H26FN3O2/c1-14-10-12-26-21-18(25-11-4-5-15(2)24)13-19(27-3)22(20(14)21)28-17-8-6-16(23)7-9-17/h6-10,12-13,15,25H,4-5,11,24H2,1-3H3. The van der Waals surface area contributed by atoms with Crippen molar-refractivity contribution < 1.29 is 13.9 Å². The number of hydrogen-bond acceptors (Lipinski definition) is 5. The quantitative estimate of drug-likeness (QED) is 0.534. The minimum Gasteiger partial charge on any atom is -0.493 e. The SMILES string of the molecule is COc1cc(NCCCC(C)N)c2nccc(C)c2c1Oc1ccc(F)cc1. The van der Waals surface area contributed by atoms with Crippen LogP contribution in [-0.4, -0.2) is 24.7 Å². The third-order valence-electron chi connectivity index (χ3n) is 4.55. The average Bonchev–Trinajstić information content (AvgIpc) is 2.68. The molecule has 2 aromatic carbocycles. The fourth-order valence-electron chi connectivity index (χ4n) is 3.09. The summed E-state index contributed by atoms with van der Waals surface area (Å²) in [5.41, 5.74) is 8.53. The van der Waals surface area contributed by atoms with Crippen LogP contribution in [0.15, 0.2) is 42.6 Å². The van der Waals surface area contributed by atoms with Crippen molar-refractivity contribution in [2.45, 2.75) is 32.7 Å². The molecule has 0 aliphatic heterocycles. The van der Waals surface area contributed by atoms with Crippen molar-refractivity contribution >= 4 is 16.6 Å². The van der Waals surface area contributed by atoms with Gasteiger partial charge in [-0.2, -0.15) is 0 Å². The second-order valence-corrected chi connectivity index (χ2v) is 6.91. The molecule has 28 heavy (non-hydrogen) atoms. The lowest BCUT2D eigenvalue weighted by molar-refractivity contribution is 0.381. The minimum atomic E-state index is -0.312. The monoisotopic (exact) mass is 383 g/mol. The van der Waals surface area contributed by atoms with Crippen LogP contribution in [0.2, 0.25) is 0 Å². The average molecular weight is 383 g/mol. The molecule has 0 bridgehead atoms. The fraction of sp³-hybridized carbons (Fsp3) is 0.318. The van der Waals surface area contributed by atoms with Crippen molar-refractivity contribution in [2.24, 2.45) is 5.73 Å². The molecule has 0 saturated heterocycles. The van der Waals surface area contributed by atoms with Gasteiger partial charge in [-0.05, 0) is 62.6 Å². The highest BCUT2D eigenvalue weighted by molar-refractivity contribution is 5.99. The van der Waals surface area contributed by atoms with E-state index in [0.29, 0.717) is 17.2 Å². The highest BCUT2D eigenvalue weighted by Gasteiger charge is 2.18. The van der Waals surface area contributed by atoms with Gasteiger partial charge >= 0.3 is 0 Å². The number of halogens is 1. The Kier molecular flexibility index (Phi) is 6.31. The Morgan fingerprint density at radius 3 is 2.64 bits per heavy atom. The third-order valence-corrected chi connectivity index (χ3v) is 4.55. The van der Waals surface area contributed by atoms with Gasteiger partial charge in [-0.3, -0.25) is 4.98 Å². The largest absolute Gasteiger partial charge is 0.493 e. The molecule has 3 aromatic rings. The Bertz CT molecular complexity index is 943. The van der Waals surface area contributed by atoms with Crippen LogP contribution in [0.3, 0.4) is 0 Å². The first-order valence-corrected chi connectivity index (χ1v) is 9.38. The molecule has 0 amide bonds. The summed E-state index contributed by atoms with van der Waals surface area (Å²) in [5, 5.41) is 4.30. The van der Waals surface area contributed by atoms with E-state index in [1.807, 2.05) is 26.0 Å². The highest BCUT2D eigenvalue weighted by Crippen LogP contribution is 2.43. The van der Waals surface area contributed by atoms with Crippen LogP contribution in [0.4, 0.5) is 10.1 Å².